The Bertz CT molecular complexity index is 1220. The second-order valence-electron chi connectivity index (χ2n) is 7.07. The van der Waals surface area contributed by atoms with Crippen molar-refractivity contribution in [3.63, 3.8) is 0 Å². The minimum absolute atomic E-state index is 0.0835. The van der Waals surface area contributed by atoms with Gasteiger partial charge in [-0.25, -0.2) is 8.42 Å². The number of hydrogen-bond acceptors (Lipinski definition) is 4. The molecule has 0 aromatic heterocycles. The van der Waals surface area contributed by atoms with Gasteiger partial charge >= 0.3 is 0 Å². The van der Waals surface area contributed by atoms with E-state index in [-0.39, 0.29) is 17.8 Å². The lowest BCUT2D eigenvalue weighted by molar-refractivity contribution is 0.0995. The van der Waals surface area contributed by atoms with E-state index in [4.69, 9.17) is 5.73 Å². The number of sulfonamides is 1. The normalized spacial score (nSPS) is 11.0. The van der Waals surface area contributed by atoms with Crippen molar-refractivity contribution in [2.24, 2.45) is 5.73 Å². The van der Waals surface area contributed by atoms with Gasteiger partial charge in [0, 0.05) is 11.3 Å². The molecule has 8 heteroatoms. The molecule has 31 heavy (non-hydrogen) atoms. The molecule has 0 heterocycles. The fourth-order valence-electron chi connectivity index (χ4n) is 3.24. The molecule has 3 rings (SSSR count). The topological polar surface area (TPSA) is 110 Å². The maximum absolute atomic E-state index is 13.1. The van der Waals surface area contributed by atoms with Crippen LogP contribution in [-0.4, -0.2) is 26.5 Å². The average molecular weight is 438 g/mol. The maximum atomic E-state index is 13.1. The summed E-state index contributed by atoms with van der Waals surface area (Å²) < 4.78 is 26.4. The van der Waals surface area contributed by atoms with Gasteiger partial charge in [0.25, 0.3) is 5.91 Å². The van der Waals surface area contributed by atoms with Crippen LogP contribution < -0.4 is 15.4 Å². The first-order valence-corrected chi connectivity index (χ1v) is 11.3. The molecule has 0 atom stereocenters. The molecule has 3 aromatic rings. The van der Waals surface area contributed by atoms with Crippen molar-refractivity contribution in [2.45, 2.75) is 13.5 Å². The third kappa shape index (κ3) is 5.10. The summed E-state index contributed by atoms with van der Waals surface area (Å²) in [6.45, 7) is 1.76. The molecule has 3 N–H and O–H groups in total. The van der Waals surface area contributed by atoms with Crippen LogP contribution in [-0.2, 0) is 16.6 Å². The number of carbonyl (C=O) groups excluding carboxylic acids is 2. The van der Waals surface area contributed by atoms with E-state index in [1.165, 1.54) is 4.31 Å². The van der Waals surface area contributed by atoms with E-state index in [2.05, 4.69) is 5.32 Å². The van der Waals surface area contributed by atoms with Crippen molar-refractivity contribution in [3.05, 3.63) is 95.1 Å². The van der Waals surface area contributed by atoms with E-state index < -0.39 is 21.8 Å². The molecular formula is C23H23N3O4S. The predicted molar refractivity (Wildman–Crippen MR) is 122 cm³/mol. The number of benzene rings is 3. The number of amides is 2. The van der Waals surface area contributed by atoms with Crippen LogP contribution >= 0.6 is 0 Å². The summed E-state index contributed by atoms with van der Waals surface area (Å²) in [6.07, 6.45) is 1.10. The number of nitrogens with zero attached hydrogens (tertiary/aromatic N) is 1. The average Bonchev–Trinajstić information content (AvgIpc) is 2.73. The van der Waals surface area contributed by atoms with Gasteiger partial charge in [0.15, 0.2) is 0 Å². The van der Waals surface area contributed by atoms with Crippen LogP contribution in [0.1, 0.15) is 31.8 Å². The molecule has 0 unspecified atom stereocenters. The second-order valence-corrected chi connectivity index (χ2v) is 8.98. The fraction of sp³-hybridized carbons (Fsp3) is 0.130. The number of nitrogens with one attached hydrogen (secondary N) is 1. The summed E-state index contributed by atoms with van der Waals surface area (Å²) >= 11 is 0. The largest absolute Gasteiger partial charge is 0.366 e. The first-order chi connectivity index (χ1) is 14.7. The number of rotatable bonds is 7. The highest BCUT2D eigenvalue weighted by Crippen LogP contribution is 2.27. The van der Waals surface area contributed by atoms with Gasteiger partial charge in [-0.15, -0.1) is 0 Å². The van der Waals surface area contributed by atoms with Gasteiger partial charge in [0.1, 0.15) is 0 Å². The molecular weight excluding hydrogens is 414 g/mol. The van der Waals surface area contributed by atoms with Gasteiger partial charge < -0.3 is 11.1 Å². The summed E-state index contributed by atoms with van der Waals surface area (Å²) in [5, 5.41) is 2.76. The molecule has 7 nitrogen and oxygen atoms in total. The van der Waals surface area contributed by atoms with Gasteiger partial charge in [-0.2, -0.15) is 0 Å². The molecule has 0 aliphatic rings. The first-order valence-electron chi connectivity index (χ1n) is 9.50. The van der Waals surface area contributed by atoms with Crippen molar-refractivity contribution < 1.29 is 18.0 Å². The van der Waals surface area contributed by atoms with Gasteiger partial charge in [0.05, 0.1) is 24.1 Å². The van der Waals surface area contributed by atoms with E-state index >= 15 is 0 Å². The Labute approximate surface area is 181 Å². The Morgan fingerprint density at radius 2 is 1.52 bits per heavy atom. The zero-order valence-corrected chi connectivity index (χ0v) is 18.0. The Balaban J connectivity index is 1.99. The van der Waals surface area contributed by atoms with Crippen LogP contribution in [0.25, 0.3) is 0 Å². The lowest BCUT2D eigenvalue weighted by Crippen LogP contribution is -2.31. The highest BCUT2D eigenvalue weighted by atomic mass is 32.2. The smallest absolute Gasteiger partial charge is 0.257 e. The van der Waals surface area contributed by atoms with E-state index in [0.717, 1.165) is 11.8 Å². The van der Waals surface area contributed by atoms with Gasteiger partial charge in [-0.1, -0.05) is 48.5 Å². The molecule has 2 amide bonds. The molecule has 3 aromatic carbocycles. The van der Waals surface area contributed by atoms with E-state index in [1.807, 2.05) is 30.3 Å². The number of primary amides is 1. The lowest BCUT2D eigenvalue weighted by atomic mass is 10.1. The van der Waals surface area contributed by atoms with E-state index in [9.17, 15) is 18.0 Å². The minimum Gasteiger partial charge on any atom is -0.366 e. The molecule has 0 aliphatic carbocycles. The molecule has 0 bridgehead atoms. The van der Waals surface area contributed by atoms with Crippen LogP contribution in [0.2, 0.25) is 0 Å². The van der Waals surface area contributed by atoms with Crippen molar-refractivity contribution in [1.82, 2.24) is 0 Å². The highest BCUT2D eigenvalue weighted by Gasteiger charge is 2.24. The molecule has 0 saturated carbocycles. The van der Waals surface area contributed by atoms with Crippen LogP contribution in [0, 0.1) is 6.92 Å². The van der Waals surface area contributed by atoms with Crippen molar-refractivity contribution >= 4 is 33.2 Å². The van der Waals surface area contributed by atoms with Crippen LogP contribution in [0.4, 0.5) is 11.4 Å². The Morgan fingerprint density at radius 1 is 0.903 bits per heavy atom. The predicted octanol–water partition coefficient (Wildman–Crippen LogP) is 3.31. The van der Waals surface area contributed by atoms with E-state index in [0.29, 0.717) is 16.8 Å². The van der Waals surface area contributed by atoms with Gasteiger partial charge in [-0.3, -0.25) is 13.9 Å². The van der Waals surface area contributed by atoms with E-state index in [1.54, 1.807) is 49.4 Å². The van der Waals surface area contributed by atoms with Crippen LogP contribution in [0.5, 0.6) is 0 Å². The third-order valence-corrected chi connectivity index (χ3v) is 5.96. The Morgan fingerprint density at radius 3 is 2.16 bits per heavy atom. The number of nitrogens with two attached hydrogens (primary N) is 1. The Kier molecular flexibility index (Phi) is 6.41. The van der Waals surface area contributed by atoms with Crippen molar-refractivity contribution in [3.8, 4) is 0 Å². The lowest BCUT2D eigenvalue weighted by Gasteiger charge is -2.25. The van der Waals surface area contributed by atoms with Crippen molar-refractivity contribution in [1.29, 1.82) is 0 Å². The standard InChI is InChI=1S/C23H23N3O4S/c1-16-18(22(24)27)12-8-13-20(16)25-23(28)19-11-6-7-14-21(19)26(31(2,29)30)15-17-9-4-3-5-10-17/h3-14H,15H2,1-2H3,(H2,24,27)(H,25,28). The summed E-state index contributed by atoms with van der Waals surface area (Å²) in [7, 11) is -3.68. The molecule has 0 spiro atoms. The summed E-state index contributed by atoms with van der Waals surface area (Å²) in [4.78, 5) is 24.7. The number of carbonyl (C=O) groups is 2. The number of anilines is 2. The molecule has 160 valence electrons. The zero-order chi connectivity index (χ0) is 22.6. The maximum Gasteiger partial charge on any atom is 0.257 e. The highest BCUT2D eigenvalue weighted by molar-refractivity contribution is 7.92. The quantitative estimate of drug-likeness (QED) is 0.591. The zero-order valence-electron chi connectivity index (χ0n) is 17.2. The van der Waals surface area contributed by atoms with Crippen LogP contribution in [0.3, 0.4) is 0 Å². The van der Waals surface area contributed by atoms with Crippen molar-refractivity contribution in [2.75, 3.05) is 15.9 Å². The minimum atomic E-state index is -3.68. The SMILES string of the molecule is Cc1c(NC(=O)c2ccccc2N(Cc2ccccc2)S(C)(=O)=O)cccc1C(N)=O. The molecule has 0 aliphatic heterocycles. The first kappa shape index (κ1) is 22.0. The Hall–Kier alpha value is -3.65. The summed E-state index contributed by atoms with van der Waals surface area (Å²) in [6, 6.07) is 20.5. The fourth-order valence-corrected chi connectivity index (χ4v) is 4.14. The summed E-state index contributed by atoms with van der Waals surface area (Å²) in [5.74, 6) is -1.10. The second kappa shape index (κ2) is 9.01. The van der Waals surface area contributed by atoms with Gasteiger partial charge in [-0.05, 0) is 42.3 Å². The third-order valence-electron chi connectivity index (χ3n) is 4.83. The number of para-hydroxylation sites is 1. The van der Waals surface area contributed by atoms with Gasteiger partial charge in [0.2, 0.25) is 15.9 Å². The monoisotopic (exact) mass is 437 g/mol. The molecule has 0 saturated heterocycles. The van der Waals surface area contributed by atoms with Crippen LogP contribution in [0.15, 0.2) is 72.8 Å². The number of hydrogen-bond donors (Lipinski definition) is 2. The summed E-state index contributed by atoms with van der Waals surface area (Å²) in [5.41, 5.74) is 7.87. The molecule has 0 fully saturated rings. The molecule has 0 radical (unpaired) electrons.